The quantitative estimate of drug-likeness (QED) is 0.325. The molecule has 0 nitrogen and oxygen atoms in total. The lowest BCUT2D eigenvalue weighted by Gasteiger charge is -2.25. The molecule has 0 saturated heterocycles. The average molecular weight is 400 g/mol. The highest BCUT2D eigenvalue weighted by Gasteiger charge is 2.40. The summed E-state index contributed by atoms with van der Waals surface area (Å²) in [6.45, 7) is 21.7. The van der Waals surface area contributed by atoms with Crippen molar-refractivity contribution < 1.29 is 0 Å². The Kier molecular flexibility index (Phi) is 9.93. The molecule has 0 amide bonds. The maximum Gasteiger partial charge on any atom is 0.564 e. The van der Waals surface area contributed by atoms with Gasteiger partial charge in [0.15, 0.2) is 0 Å². The van der Waals surface area contributed by atoms with E-state index in [1.54, 1.807) is 0 Å². The summed E-state index contributed by atoms with van der Waals surface area (Å²) in [4.78, 5) is 0. The van der Waals surface area contributed by atoms with Crippen molar-refractivity contribution in [3.63, 3.8) is 0 Å². The van der Waals surface area contributed by atoms with E-state index in [-0.39, 0.29) is 7.55 Å². The van der Waals surface area contributed by atoms with Gasteiger partial charge in [-0.15, -0.1) is 0 Å². The first-order valence-corrected chi connectivity index (χ1v) is 18.3. The Hall–Kier alpha value is 2.08. The molecular weight excluding hydrogens is 372 g/mol. The van der Waals surface area contributed by atoms with Gasteiger partial charge in [-0.05, 0) is 41.5 Å². The molecule has 19 heavy (non-hydrogen) atoms. The molecule has 0 aromatic carbocycles. The molecule has 0 saturated carbocycles. The average Bonchev–Trinajstić information content (AvgIpc) is 1.90. The van der Waals surface area contributed by atoms with Crippen LogP contribution in [0.15, 0.2) is 0 Å². The van der Waals surface area contributed by atoms with E-state index in [0.717, 1.165) is 0 Å². The van der Waals surface area contributed by atoms with Crippen molar-refractivity contribution in [3.05, 3.63) is 0 Å². The van der Waals surface area contributed by atoms with Crippen molar-refractivity contribution >= 4 is 70.6 Å². The van der Waals surface area contributed by atoms with Crippen LogP contribution < -0.4 is 0 Å². The second kappa shape index (κ2) is 8.08. The van der Waals surface area contributed by atoms with E-state index >= 15 is 0 Å². The van der Waals surface area contributed by atoms with Crippen molar-refractivity contribution in [3.8, 4) is 0 Å². The highest BCUT2D eigenvalue weighted by molar-refractivity contribution is 7.81. The normalized spacial score (nSPS) is 13.5. The molecule has 0 unspecified atom stereocenters. The summed E-state index contributed by atoms with van der Waals surface area (Å²) < 4.78 is 0. The molecule has 0 fully saturated rings. The Morgan fingerprint density at radius 3 is 1.05 bits per heavy atom. The van der Waals surface area contributed by atoms with Gasteiger partial charge >= 0.3 is 9.39 Å². The molecule has 0 aliphatic heterocycles. The van der Waals surface area contributed by atoms with E-state index in [9.17, 15) is 0 Å². The van der Waals surface area contributed by atoms with Gasteiger partial charge in [-0.25, -0.2) is 0 Å². The van der Waals surface area contributed by atoms with E-state index in [0.29, 0.717) is 10.3 Å². The van der Waals surface area contributed by atoms with Crippen LogP contribution in [0, 0.1) is 0 Å². The first kappa shape index (κ1) is 23.3. The Morgan fingerprint density at radius 2 is 1.00 bits per heavy atom. The lowest BCUT2D eigenvalue weighted by molar-refractivity contribution is 0.721. The summed E-state index contributed by atoms with van der Waals surface area (Å²) in [5, 5.41) is 0.904. The van der Waals surface area contributed by atoms with Gasteiger partial charge in [-0.1, -0.05) is 19.6 Å². The summed E-state index contributed by atoms with van der Waals surface area (Å²) in [5.74, 6) is 0. The fourth-order valence-corrected chi connectivity index (χ4v) is 9.99. The molecule has 0 bridgehead atoms. The van der Waals surface area contributed by atoms with Crippen LogP contribution in [0.25, 0.3) is 0 Å². The molecule has 0 atom stereocenters. The van der Waals surface area contributed by atoms with Crippen LogP contribution in [-0.2, 0) is 0 Å². The number of hydrogen-bond donors (Lipinski definition) is 0. The summed E-state index contributed by atoms with van der Waals surface area (Å²) in [7, 11) is 16.0. The molecule has 116 valence electrons. The Bertz CT molecular complexity index is 284. The Balaban J connectivity index is 0. The second-order valence-electron chi connectivity index (χ2n) is 7.70. The molecule has 0 aliphatic carbocycles. The first-order valence-electron chi connectivity index (χ1n) is 6.37. The molecular formula is C12H28AlCl4PSi. The van der Waals surface area contributed by atoms with Crippen LogP contribution in [-0.4, -0.2) is 33.2 Å². The molecule has 0 aromatic rings. The Labute approximate surface area is 141 Å². The predicted octanol–water partition coefficient (Wildman–Crippen LogP) is 7.12. The molecule has 0 aliphatic rings. The Morgan fingerprint density at radius 1 is 0.789 bits per heavy atom. The minimum Gasteiger partial charge on any atom is -0.391 e. The monoisotopic (exact) mass is 398 g/mol. The second-order valence-corrected chi connectivity index (χ2v) is 29.8. The lowest BCUT2D eigenvalue weighted by atomic mass is 10.2. The van der Waals surface area contributed by atoms with Gasteiger partial charge in [0, 0.05) is 0 Å². The molecule has 0 rings (SSSR count). The van der Waals surface area contributed by atoms with E-state index in [1.807, 2.05) is 0 Å². The SMILES string of the molecule is CC(C)(C)[P+](=C[Si](C)(C)C)C(C)(C)C.[Cl][Al-]([Cl])([Cl])[Cl]. The van der Waals surface area contributed by atoms with Gasteiger partial charge in [-0.3, -0.25) is 0 Å². The highest BCUT2D eigenvalue weighted by Crippen LogP contribution is 2.50. The van der Waals surface area contributed by atoms with Gasteiger partial charge in [-0.2, -0.15) is 0 Å². The maximum absolute atomic E-state index is 4.99. The van der Waals surface area contributed by atoms with E-state index in [1.165, 1.54) is 0 Å². The van der Waals surface area contributed by atoms with Gasteiger partial charge in [0.05, 0.1) is 13.0 Å². The topological polar surface area (TPSA) is 0 Å². The number of hydrogen-bond acceptors (Lipinski definition) is 0. The molecule has 0 spiro atoms. The summed E-state index contributed by atoms with van der Waals surface area (Å²) >= 11 is 0. The van der Waals surface area contributed by atoms with E-state index < -0.39 is 17.5 Å². The van der Waals surface area contributed by atoms with Crippen LogP contribution in [0.2, 0.25) is 19.6 Å². The minimum atomic E-state index is -2.94. The molecule has 7 heteroatoms. The fourth-order valence-electron chi connectivity index (χ4n) is 1.78. The first-order chi connectivity index (χ1) is 7.84. The number of rotatable bonds is 1. The smallest absolute Gasteiger partial charge is 0.391 e. The standard InChI is InChI=1S/C12H28PSi.Al.4ClH/c1-11(2,3)13(12(4,5)6)10-14(7,8)9;;;;;/h10H,1-9H3;;4*1H/q+1;+3;;;;/p-4. The van der Waals surface area contributed by atoms with Crippen LogP contribution in [0.1, 0.15) is 41.5 Å². The van der Waals surface area contributed by atoms with E-state index in [2.05, 4.69) is 66.6 Å². The summed E-state index contributed by atoms with van der Waals surface area (Å²) in [6.07, 6.45) is 0. The molecule has 0 heterocycles. The third kappa shape index (κ3) is 18.0. The third-order valence-corrected chi connectivity index (χ3v) is 8.98. The summed E-state index contributed by atoms with van der Waals surface area (Å²) in [5.41, 5.74) is 2.72. The molecule has 0 aromatic heterocycles. The zero-order chi connectivity index (χ0) is 16.3. The van der Waals surface area contributed by atoms with Crippen molar-refractivity contribution in [2.75, 3.05) is 0 Å². The van der Waals surface area contributed by atoms with Gasteiger partial charge in [0.1, 0.15) is 18.4 Å². The largest absolute Gasteiger partial charge is 0.564 e. The zero-order valence-corrected chi connectivity index (χ0v) is 19.7. The van der Waals surface area contributed by atoms with Crippen molar-refractivity contribution in [2.45, 2.75) is 71.5 Å². The summed E-state index contributed by atoms with van der Waals surface area (Å²) in [6, 6.07) is 0. The van der Waals surface area contributed by atoms with Crippen molar-refractivity contribution in [1.82, 2.24) is 0 Å². The van der Waals surface area contributed by atoms with Crippen molar-refractivity contribution in [2.24, 2.45) is 0 Å². The van der Waals surface area contributed by atoms with Crippen LogP contribution >= 0.6 is 47.7 Å². The molecule has 0 N–H and O–H groups in total. The molecule has 0 radical (unpaired) electrons. The van der Waals surface area contributed by atoms with Gasteiger partial charge in [0.2, 0.25) is 0 Å². The lowest BCUT2D eigenvalue weighted by Crippen LogP contribution is -2.29. The van der Waals surface area contributed by atoms with Crippen LogP contribution in [0.4, 0.5) is 0 Å². The highest BCUT2D eigenvalue weighted by atomic mass is 35.9. The minimum absolute atomic E-state index is 0.00592. The van der Waals surface area contributed by atoms with Crippen molar-refractivity contribution in [1.29, 1.82) is 0 Å². The fraction of sp³-hybridized carbons (Fsp3) is 0.917. The zero-order valence-electron chi connectivity index (χ0n) is 13.6. The maximum atomic E-state index is 4.99. The van der Waals surface area contributed by atoms with E-state index in [4.69, 9.17) is 40.2 Å². The van der Waals surface area contributed by atoms with Crippen LogP contribution in [0.5, 0.6) is 0 Å². The number of halogens is 4. The van der Waals surface area contributed by atoms with Gasteiger partial charge in [0.25, 0.3) is 0 Å². The van der Waals surface area contributed by atoms with Crippen LogP contribution in [0.3, 0.4) is 0 Å². The van der Waals surface area contributed by atoms with Gasteiger partial charge < -0.3 is 40.2 Å². The predicted molar refractivity (Wildman–Crippen MR) is 105 cm³/mol. The third-order valence-electron chi connectivity index (χ3n) is 1.96.